The van der Waals surface area contributed by atoms with Gasteiger partial charge in [0, 0.05) is 37.6 Å². The lowest BCUT2D eigenvalue weighted by molar-refractivity contribution is -0.0432. The molecule has 3 rings (SSSR count). The minimum absolute atomic E-state index is 0.215. The average Bonchev–Trinajstić information content (AvgIpc) is 3.13. The van der Waals surface area contributed by atoms with E-state index < -0.39 is 0 Å². The van der Waals surface area contributed by atoms with E-state index in [0.29, 0.717) is 6.04 Å². The van der Waals surface area contributed by atoms with Gasteiger partial charge in [0.15, 0.2) is 5.96 Å². The van der Waals surface area contributed by atoms with Crippen LogP contribution in [0.25, 0.3) is 0 Å². The molecule has 2 atom stereocenters. The van der Waals surface area contributed by atoms with E-state index >= 15 is 0 Å². The molecule has 0 amide bonds. The highest BCUT2D eigenvalue weighted by Crippen LogP contribution is 2.22. The van der Waals surface area contributed by atoms with E-state index in [1.807, 2.05) is 0 Å². The number of thioether (sulfide) groups is 1. The van der Waals surface area contributed by atoms with Gasteiger partial charge in [0.25, 0.3) is 0 Å². The predicted octanol–water partition coefficient (Wildman–Crippen LogP) is 2.67. The van der Waals surface area contributed by atoms with Crippen LogP contribution in [0.15, 0.2) is 34.2 Å². The van der Waals surface area contributed by atoms with Crippen molar-refractivity contribution in [2.75, 3.05) is 46.1 Å². The highest BCUT2D eigenvalue weighted by atomic mass is 32.2. The summed E-state index contributed by atoms with van der Waals surface area (Å²) >= 11 is 1.77. The van der Waals surface area contributed by atoms with Gasteiger partial charge in [-0.3, -0.25) is 9.89 Å². The van der Waals surface area contributed by atoms with Gasteiger partial charge in [-0.15, -0.1) is 11.8 Å². The van der Waals surface area contributed by atoms with E-state index in [1.54, 1.807) is 11.8 Å². The zero-order valence-electron chi connectivity index (χ0n) is 16.3. The predicted molar refractivity (Wildman–Crippen MR) is 110 cm³/mol. The van der Waals surface area contributed by atoms with Crippen molar-refractivity contribution in [3.05, 3.63) is 29.8 Å². The zero-order valence-corrected chi connectivity index (χ0v) is 17.1. The molecule has 1 N–H and O–H groups in total. The molecule has 2 saturated heterocycles. The fourth-order valence-electron chi connectivity index (χ4n) is 3.73. The molecule has 5 nitrogen and oxygen atoms in total. The monoisotopic (exact) mass is 376 g/mol. The normalized spacial score (nSPS) is 23.7. The van der Waals surface area contributed by atoms with Crippen LogP contribution in [0.2, 0.25) is 0 Å². The summed E-state index contributed by atoms with van der Waals surface area (Å²) in [5.74, 6) is 0.952. The number of morpholine rings is 1. The van der Waals surface area contributed by atoms with Gasteiger partial charge in [-0.2, -0.15) is 0 Å². The van der Waals surface area contributed by atoms with Crippen molar-refractivity contribution in [1.29, 1.82) is 0 Å². The Morgan fingerprint density at radius 1 is 1.38 bits per heavy atom. The second-order valence-electron chi connectivity index (χ2n) is 7.15. The summed E-state index contributed by atoms with van der Waals surface area (Å²) in [7, 11) is 2.10. The summed E-state index contributed by atoms with van der Waals surface area (Å²) in [6.45, 7) is 7.67. The van der Waals surface area contributed by atoms with E-state index in [2.05, 4.69) is 59.6 Å². The highest BCUT2D eigenvalue weighted by molar-refractivity contribution is 7.98. The van der Waals surface area contributed by atoms with Crippen molar-refractivity contribution >= 4 is 17.7 Å². The van der Waals surface area contributed by atoms with Crippen molar-refractivity contribution in [2.24, 2.45) is 4.99 Å². The molecule has 0 aromatic heterocycles. The number of nitrogens with one attached hydrogen (secondary N) is 1. The molecule has 2 fully saturated rings. The number of guanidine groups is 1. The first kappa shape index (κ1) is 19.5. The molecule has 0 aliphatic carbocycles. The Bertz CT molecular complexity index is 592. The van der Waals surface area contributed by atoms with Crippen molar-refractivity contribution in [3.8, 4) is 0 Å². The number of benzene rings is 1. The van der Waals surface area contributed by atoms with E-state index in [1.165, 1.54) is 29.8 Å². The molecule has 26 heavy (non-hydrogen) atoms. The molecule has 0 radical (unpaired) electrons. The van der Waals surface area contributed by atoms with Gasteiger partial charge in [-0.05, 0) is 50.3 Å². The molecular weight excluding hydrogens is 344 g/mol. The molecule has 0 spiro atoms. The van der Waals surface area contributed by atoms with Crippen LogP contribution in [0.4, 0.5) is 0 Å². The van der Waals surface area contributed by atoms with Crippen LogP contribution in [-0.4, -0.2) is 74.0 Å². The van der Waals surface area contributed by atoms with Crippen LogP contribution in [0.3, 0.4) is 0 Å². The van der Waals surface area contributed by atoms with Gasteiger partial charge in [0.1, 0.15) is 0 Å². The minimum Gasteiger partial charge on any atom is -0.373 e. The maximum atomic E-state index is 6.05. The average molecular weight is 377 g/mol. The van der Waals surface area contributed by atoms with Crippen LogP contribution in [0.1, 0.15) is 25.3 Å². The van der Waals surface area contributed by atoms with Crippen LogP contribution in [-0.2, 0) is 11.3 Å². The van der Waals surface area contributed by atoms with Crippen LogP contribution < -0.4 is 5.32 Å². The Hall–Kier alpha value is -1.24. The summed E-state index contributed by atoms with van der Waals surface area (Å²) in [6, 6.07) is 9.41. The number of ether oxygens (including phenoxy) is 1. The van der Waals surface area contributed by atoms with Crippen LogP contribution in [0, 0.1) is 0 Å². The fourth-order valence-corrected chi connectivity index (χ4v) is 4.14. The number of fused-ring (bicyclic) bond motifs is 1. The summed E-state index contributed by atoms with van der Waals surface area (Å²) in [4.78, 5) is 10.9. The van der Waals surface area contributed by atoms with Crippen molar-refractivity contribution in [2.45, 2.75) is 43.4 Å². The Labute approximate surface area is 162 Å². The van der Waals surface area contributed by atoms with Gasteiger partial charge < -0.3 is 15.0 Å². The molecule has 144 valence electrons. The number of rotatable bonds is 6. The highest BCUT2D eigenvalue weighted by Gasteiger charge is 2.32. The van der Waals surface area contributed by atoms with Gasteiger partial charge in [-0.1, -0.05) is 12.1 Å². The van der Waals surface area contributed by atoms with Gasteiger partial charge in [0.2, 0.25) is 0 Å². The quantitative estimate of drug-likeness (QED) is 0.470. The standard InChI is InChI=1S/C20H32N4OS/c1-4-21-20(23(2)13-16-7-9-19(26-3)10-8-16)22-12-18-14-24-11-5-6-17(24)15-25-18/h7-10,17-18H,4-6,11-15H2,1-3H3,(H,21,22). The second kappa shape index (κ2) is 9.62. The Kier molecular flexibility index (Phi) is 7.23. The first-order valence-electron chi connectivity index (χ1n) is 9.67. The summed E-state index contributed by atoms with van der Waals surface area (Å²) in [5.41, 5.74) is 1.30. The number of nitrogens with zero attached hydrogens (tertiary/aromatic N) is 3. The molecule has 1 aromatic carbocycles. The van der Waals surface area contributed by atoms with Gasteiger partial charge in [-0.25, -0.2) is 0 Å². The van der Waals surface area contributed by atoms with Crippen molar-refractivity contribution in [3.63, 3.8) is 0 Å². The third-order valence-corrected chi connectivity index (χ3v) is 5.93. The SMILES string of the molecule is CCNC(=NCC1CN2CCCC2CO1)N(C)Cc1ccc(SC)cc1. The lowest BCUT2D eigenvalue weighted by Gasteiger charge is -2.34. The molecule has 0 saturated carbocycles. The Morgan fingerprint density at radius 2 is 2.19 bits per heavy atom. The van der Waals surface area contributed by atoms with Crippen LogP contribution >= 0.6 is 11.8 Å². The van der Waals surface area contributed by atoms with Gasteiger partial charge >= 0.3 is 0 Å². The van der Waals surface area contributed by atoms with Crippen molar-refractivity contribution in [1.82, 2.24) is 15.1 Å². The number of aliphatic imine (C=N–C) groups is 1. The Morgan fingerprint density at radius 3 is 2.92 bits per heavy atom. The topological polar surface area (TPSA) is 40.1 Å². The third-order valence-electron chi connectivity index (χ3n) is 5.18. The van der Waals surface area contributed by atoms with Crippen LogP contribution in [0.5, 0.6) is 0 Å². The van der Waals surface area contributed by atoms with E-state index in [4.69, 9.17) is 9.73 Å². The third kappa shape index (κ3) is 5.15. The smallest absolute Gasteiger partial charge is 0.194 e. The Balaban J connectivity index is 1.56. The lowest BCUT2D eigenvalue weighted by atomic mass is 10.2. The summed E-state index contributed by atoms with van der Waals surface area (Å²) in [6.07, 6.45) is 4.92. The lowest BCUT2D eigenvalue weighted by Crippen LogP contribution is -2.47. The molecule has 0 bridgehead atoms. The summed E-state index contributed by atoms with van der Waals surface area (Å²) < 4.78 is 6.05. The summed E-state index contributed by atoms with van der Waals surface area (Å²) in [5, 5.41) is 3.41. The molecule has 2 aliphatic heterocycles. The molecule has 6 heteroatoms. The maximum Gasteiger partial charge on any atom is 0.194 e. The number of hydrogen-bond donors (Lipinski definition) is 1. The molecule has 1 aromatic rings. The van der Waals surface area contributed by atoms with Gasteiger partial charge in [0.05, 0.1) is 19.3 Å². The van der Waals surface area contributed by atoms with Crippen molar-refractivity contribution < 1.29 is 4.74 Å². The molecule has 2 unspecified atom stereocenters. The number of hydrogen-bond acceptors (Lipinski definition) is 4. The largest absolute Gasteiger partial charge is 0.373 e. The maximum absolute atomic E-state index is 6.05. The molecule has 2 aliphatic rings. The fraction of sp³-hybridized carbons (Fsp3) is 0.650. The van der Waals surface area contributed by atoms with E-state index in [-0.39, 0.29) is 6.10 Å². The van der Waals surface area contributed by atoms with E-state index in [9.17, 15) is 0 Å². The first-order chi connectivity index (χ1) is 12.7. The van der Waals surface area contributed by atoms with E-state index in [0.717, 1.165) is 38.7 Å². The minimum atomic E-state index is 0.215. The first-order valence-corrected chi connectivity index (χ1v) is 10.9. The molecule has 2 heterocycles. The zero-order chi connectivity index (χ0) is 18.4. The molecular formula is C20H32N4OS. The second-order valence-corrected chi connectivity index (χ2v) is 8.02.